The number of amides is 3. The Kier molecular flexibility index (Phi) is 10.3. The van der Waals surface area contributed by atoms with E-state index in [4.69, 9.17) is 14.2 Å². The molecule has 2 aliphatic rings. The summed E-state index contributed by atoms with van der Waals surface area (Å²) in [5, 5.41) is -0.485. The van der Waals surface area contributed by atoms with Crippen molar-refractivity contribution in [1.82, 2.24) is 9.80 Å². The van der Waals surface area contributed by atoms with Gasteiger partial charge in [-0.05, 0) is 84.1 Å². The highest BCUT2D eigenvalue weighted by molar-refractivity contribution is 14.1. The molecule has 2 aliphatic heterocycles. The molecule has 2 saturated heterocycles. The number of para-hydroxylation sites is 1. The van der Waals surface area contributed by atoms with Gasteiger partial charge in [-0.2, -0.15) is 0 Å². The van der Waals surface area contributed by atoms with E-state index in [-0.39, 0.29) is 30.6 Å². The van der Waals surface area contributed by atoms with Crippen LogP contribution in [0.3, 0.4) is 0 Å². The number of halogens is 1. The Balaban J connectivity index is 1.41. The van der Waals surface area contributed by atoms with Crippen molar-refractivity contribution >= 4 is 69.1 Å². The summed E-state index contributed by atoms with van der Waals surface area (Å²) in [6, 6.07) is 13.4. The fourth-order valence-electron chi connectivity index (χ4n) is 4.28. The van der Waals surface area contributed by atoms with Gasteiger partial charge in [0.15, 0.2) is 18.1 Å². The van der Waals surface area contributed by atoms with Gasteiger partial charge >= 0.3 is 5.97 Å². The van der Waals surface area contributed by atoms with Crippen molar-refractivity contribution in [2.75, 3.05) is 57.4 Å². The third-order valence-corrected chi connectivity index (χ3v) is 7.90. The van der Waals surface area contributed by atoms with E-state index in [9.17, 15) is 19.2 Å². The van der Waals surface area contributed by atoms with Gasteiger partial charge in [-0.1, -0.05) is 18.2 Å². The van der Waals surface area contributed by atoms with Gasteiger partial charge in [-0.3, -0.25) is 19.3 Å². The first-order chi connectivity index (χ1) is 19.3. The maximum Gasteiger partial charge on any atom is 0.344 e. The Morgan fingerprint density at radius 2 is 1.73 bits per heavy atom. The van der Waals surface area contributed by atoms with Gasteiger partial charge in [0, 0.05) is 31.9 Å². The van der Waals surface area contributed by atoms with Gasteiger partial charge in [-0.25, -0.2) is 4.79 Å². The molecule has 0 saturated carbocycles. The van der Waals surface area contributed by atoms with Gasteiger partial charge in [0.2, 0.25) is 5.91 Å². The Morgan fingerprint density at radius 1 is 1.00 bits per heavy atom. The topological polar surface area (TPSA) is 106 Å². The highest BCUT2D eigenvalue weighted by Gasteiger charge is 2.37. The van der Waals surface area contributed by atoms with Crippen LogP contribution in [0.2, 0.25) is 0 Å². The fourth-order valence-corrected chi connectivity index (χ4v) is 5.90. The smallest absolute Gasteiger partial charge is 0.344 e. The average molecular weight is 680 g/mol. The zero-order valence-electron chi connectivity index (χ0n) is 22.3. The maximum absolute atomic E-state index is 13.1. The number of esters is 1. The summed E-state index contributed by atoms with van der Waals surface area (Å²) in [6.45, 7) is 5.97. The second kappa shape index (κ2) is 13.9. The van der Waals surface area contributed by atoms with E-state index in [0.29, 0.717) is 53.4 Å². The van der Waals surface area contributed by atoms with Crippen LogP contribution in [0.1, 0.15) is 19.4 Å². The van der Waals surface area contributed by atoms with Crippen LogP contribution in [0.5, 0.6) is 11.5 Å². The lowest BCUT2D eigenvalue weighted by Gasteiger charge is -2.36. The molecule has 10 nitrogen and oxygen atoms in total. The van der Waals surface area contributed by atoms with Crippen LogP contribution in [0, 0.1) is 3.57 Å². The van der Waals surface area contributed by atoms with Crippen LogP contribution in [-0.4, -0.2) is 85.4 Å². The highest BCUT2D eigenvalue weighted by atomic mass is 127. The summed E-state index contributed by atoms with van der Waals surface area (Å²) >= 11 is 2.85. The molecule has 0 aliphatic carbocycles. The molecule has 3 amide bonds. The number of carbonyl (C=O) groups excluding carboxylic acids is 4. The predicted molar refractivity (Wildman–Crippen MR) is 160 cm³/mol. The lowest BCUT2D eigenvalue weighted by Crippen LogP contribution is -2.51. The van der Waals surface area contributed by atoms with E-state index in [1.165, 1.54) is 0 Å². The molecule has 2 aromatic carbocycles. The molecular formula is C28H30IN3O7S. The molecule has 12 heteroatoms. The van der Waals surface area contributed by atoms with E-state index in [1.54, 1.807) is 30.0 Å². The number of hydrogen-bond acceptors (Lipinski definition) is 9. The molecule has 0 spiro atoms. The minimum absolute atomic E-state index is 0.213. The zero-order chi connectivity index (χ0) is 28.6. The van der Waals surface area contributed by atoms with E-state index in [2.05, 4.69) is 27.5 Å². The number of piperazine rings is 1. The number of imide groups is 1. The number of ether oxygens (including phenoxy) is 3. The van der Waals surface area contributed by atoms with Gasteiger partial charge in [0.05, 0.1) is 21.7 Å². The highest BCUT2D eigenvalue weighted by Crippen LogP contribution is 2.37. The molecule has 2 heterocycles. The molecule has 0 bridgehead atoms. The molecule has 0 aromatic heterocycles. The number of nitrogens with zero attached hydrogens (tertiary/aromatic N) is 3. The molecule has 0 N–H and O–H groups in total. The number of carbonyl (C=O) groups is 4. The molecule has 0 unspecified atom stereocenters. The molecule has 212 valence electrons. The van der Waals surface area contributed by atoms with Crippen molar-refractivity contribution in [2.45, 2.75) is 13.8 Å². The number of anilines is 1. The number of rotatable bonds is 10. The molecule has 2 fully saturated rings. The number of thioether (sulfide) groups is 1. The van der Waals surface area contributed by atoms with Crippen molar-refractivity contribution in [3.63, 3.8) is 0 Å². The van der Waals surface area contributed by atoms with Crippen molar-refractivity contribution in [3.8, 4) is 11.5 Å². The first kappa shape index (κ1) is 29.7. The molecule has 40 heavy (non-hydrogen) atoms. The van der Waals surface area contributed by atoms with Crippen LogP contribution >= 0.6 is 34.4 Å². The molecule has 2 aromatic rings. The normalized spacial score (nSPS) is 16.5. The van der Waals surface area contributed by atoms with Crippen molar-refractivity contribution in [3.05, 3.63) is 56.5 Å². The lowest BCUT2D eigenvalue weighted by atomic mass is 10.2. The van der Waals surface area contributed by atoms with E-state index < -0.39 is 17.1 Å². The van der Waals surface area contributed by atoms with Gasteiger partial charge in [0.25, 0.3) is 11.1 Å². The van der Waals surface area contributed by atoms with Gasteiger partial charge < -0.3 is 24.0 Å². The minimum atomic E-state index is -0.512. The predicted octanol–water partition coefficient (Wildman–Crippen LogP) is 4.02. The second-order valence-electron chi connectivity index (χ2n) is 8.83. The van der Waals surface area contributed by atoms with E-state index in [1.807, 2.05) is 37.3 Å². The summed E-state index contributed by atoms with van der Waals surface area (Å²) in [5.41, 5.74) is 1.72. The van der Waals surface area contributed by atoms with Crippen molar-refractivity contribution in [1.29, 1.82) is 0 Å². The second-order valence-corrected chi connectivity index (χ2v) is 11.0. The Bertz CT molecular complexity index is 1300. The summed E-state index contributed by atoms with van der Waals surface area (Å²) in [7, 11) is 0. The van der Waals surface area contributed by atoms with Crippen LogP contribution < -0.4 is 14.4 Å². The largest absolute Gasteiger partial charge is 0.490 e. The maximum atomic E-state index is 13.1. The lowest BCUT2D eigenvalue weighted by molar-refractivity contribution is -0.145. The summed E-state index contributed by atoms with van der Waals surface area (Å²) in [4.78, 5) is 55.6. The van der Waals surface area contributed by atoms with E-state index >= 15 is 0 Å². The zero-order valence-corrected chi connectivity index (χ0v) is 25.2. The Morgan fingerprint density at radius 3 is 2.40 bits per heavy atom. The van der Waals surface area contributed by atoms with Crippen LogP contribution in [0.25, 0.3) is 6.08 Å². The quantitative estimate of drug-likeness (QED) is 0.209. The molecule has 0 atom stereocenters. The third-order valence-electron chi connectivity index (χ3n) is 6.19. The van der Waals surface area contributed by atoms with Crippen molar-refractivity contribution in [2.24, 2.45) is 0 Å². The third kappa shape index (κ3) is 7.27. The molecule has 4 rings (SSSR count). The Hall–Kier alpha value is -3.26. The molecule has 0 radical (unpaired) electrons. The average Bonchev–Trinajstić information content (AvgIpc) is 3.20. The summed E-state index contributed by atoms with van der Waals surface area (Å²) < 4.78 is 16.9. The van der Waals surface area contributed by atoms with Crippen LogP contribution in [-0.2, 0) is 19.1 Å². The molecular weight excluding hydrogens is 649 g/mol. The summed E-state index contributed by atoms with van der Waals surface area (Å²) in [5.74, 6) is -0.478. The first-order valence-corrected chi connectivity index (χ1v) is 14.8. The van der Waals surface area contributed by atoms with Gasteiger partial charge in [-0.15, -0.1) is 0 Å². The monoisotopic (exact) mass is 679 g/mol. The summed E-state index contributed by atoms with van der Waals surface area (Å²) in [6.07, 6.45) is 1.59. The van der Waals surface area contributed by atoms with Crippen LogP contribution in [0.15, 0.2) is 47.4 Å². The number of hydrogen-bond donors (Lipinski definition) is 0. The minimum Gasteiger partial charge on any atom is -0.490 e. The van der Waals surface area contributed by atoms with E-state index in [0.717, 1.165) is 22.3 Å². The van der Waals surface area contributed by atoms with Crippen molar-refractivity contribution < 1.29 is 33.4 Å². The first-order valence-electron chi connectivity index (χ1n) is 12.9. The SMILES string of the molecule is CCOC(=O)COc1c(I)cc(/C=C2/SC(=O)N(CC(=O)N3CCN(c4ccccc4)CC3)C2=O)cc1OCC. The number of benzene rings is 2. The van der Waals surface area contributed by atoms with Gasteiger partial charge in [0.1, 0.15) is 6.54 Å². The van der Waals surface area contributed by atoms with Crippen LogP contribution in [0.4, 0.5) is 10.5 Å². The fraction of sp³-hybridized carbons (Fsp3) is 0.357. The standard InChI is InChI=1S/C28H30IN3O7S/c1-3-37-22-15-19(14-21(29)26(22)39-18-25(34)38-4-2)16-23-27(35)32(28(36)40-23)17-24(33)31-12-10-30(11-13-31)20-8-6-5-7-9-20/h5-9,14-16H,3-4,10-13,17-18H2,1-2H3/b23-16+. The Labute approximate surface area is 250 Å².